The summed E-state index contributed by atoms with van der Waals surface area (Å²) in [5.41, 5.74) is 1.84. The zero-order valence-corrected chi connectivity index (χ0v) is 21.3. The number of nitrogens with zero attached hydrogens (tertiary/aromatic N) is 5. The first-order valence-electron chi connectivity index (χ1n) is 10.9. The Bertz CT molecular complexity index is 1260. The zero-order chi connectivity index (χ0) is 24.9. The second kappa shape index (κ2) is 11.2. The highest BCUT2D eigenvalue weighted by molar-refractivity contribution is 6.36. The van der Waals surface area contributed by atoms with Gasteiger partial charge in [-0.3, -0.25) is 14.4 Å². The summed E-state index contributed by atoms with van der Waals surface area (Å²) in [6.45, 7) is 6.74. The van der Waals surface area contributed by atoms with Gasteiger partial charge >= 0.3 is 0 Å². The predicted octanol–water partition coefficient (Wildman–Crippen LogP) is 4.23. The summed E-state index contributed by atoms with van der Waals surface area (Å²) in [6.07, 6.45) is 0. The van der Waals surface area contributed by atoms with E-state index >= 15 is 0 Å². The van der Waals surface area contributed by atoms with Gasteiger partial charge in [0, 0.05) is 54.5 Å². The maximum absolute atomic E-state index is 12.7. The van der Waals surface area contributed by atoms with E-state index in [1.807, 2.05) is 21.6 Å². The van der Waals surface area contributed by atoms with E-state index in [9.17, 15) is 4.79 Å². The van der Waals surface area contributed by atoms with Crippen LogP contribution in [0.4, 0.5) is 5.82 Å². The minimum atomic E-state index is -0.0149. The molecule has 35 heavy (non-hydrogen) atoms. The Hall–Kier alpha value is -2.91. The van der Waals surface area contributed by atoms with Crippen LogP contribution in [0.3, 0.4) is 0 Å². The number of amides is 1. The van der Waals surface area contributed by atoms with Crippen molar-refractivity contribution in [1.29, 1.82) is 0 Å². The average Bonchev–Trinajstić information content (AvgIpc) is 3.24. The molecule has 0 saturated carbocycles. The van der Waals surface area contributed by atoms with Crippen LogP contribution in [-0.4, -0.2) is 72.7 Å². The molecule has 0 atom stereocenters. The normalized spacial score (nSPS) is 14.2. The van der Waals surface area contributed by atoms with Crippen LogP contribution in [0.5, 0.6) is 0 Å². The predicted molar refractivity (Wildman–Crippen MR) is 143 cm³/mol. The summed E-state index contributed by atoms with van der Waals surface area (Å²) < 4.78 is 1.82. The van der Waals surface area contributed by atoms with Crippen molar-refractivity contribution in [3.05, 3.63) is 63.2 Å². The molecular formula is C24H24Cl3N7O. The molecule has 1 fully saturated rings. The number of carbonyl (C=O) groups is 1. The van der Waals surface area contributed by atoms with Crippen LogP contribution < -0.4 is 10.6 Å². The zero-order valence-electron chi connectivity index (χ0n) is 19.1. The molecule has 2 heterocycles. The van der Waals surface area contributed by atoms with Gasteiger partial charge in [0.1, 0.15) is 5.82 Å². The number of imidazole rings is 1. The number of hydrogen-bond acceptors (Lipinski definition) is 5. The average molecular weight is 533 g/mol. The van der Waals surface area contributed by atoms with E-state index < -0.39 is 0 Å². The highest BCUT2D eigenvalue weighted by Crippen LogP contribution is 2.36. The quantitative estimate of drug-likeness (QED) is 0.367. The minimum absolute atomic E-state index is 0.0149. The minimum Gasteiger partial charge on any atom is -0.359 e. The van der Waals surface area contributed by atoms with Gasteiger partial charge in [0.25, 0.3) is 0 Å². The fraction of sp³-hybridized carbons (Fsp3) is 0.250. The highest BCUT2D eigenvalue weighted by atomic mass is 35.5. The molecule has 2 aromatic carbocycles. The highest BCUT2D eigenvalue weighted by Gasteiger charge is 2.25. The molecule has 0 radical (unpaired) electrons. The smallest absolute Gasteiger partial charge is 0.242 e. The van der Waals surface area contributed by atoms with Gasteiger partial charge in [0.05, 0.1) is 11.6 Å². The van der Waals surface area contributed by atoms with Crippen molar-refractivity contribution in [2.24, 2.45) is 9.98 Å². The molecule has 0 aliphatic carbocycles. The van der Waals surface area contributed by atoms with Crippen LogP contribution in [0, 0.1) is 0 Å². The maximum atomic E-state index is 12.7. The number of rotatable bonds is 6. The molecule has 4 rings (SSSR count). The van der Waals surface area contributed by atoms with E-state index in [1.54, 1.807) is 37.4 Å². The Kier molecular flexibility index (Phi) is 8.07. The fourth-order valence-corrected chi connectivity index (χ4v) is 4.48. The van der Waals surface area contributed by atoms with Crippen LogP contribution in [-0.2, 0) is 4.79 Å². The van der Waals surface area contributed by atoms with Crippen molar-refractivity contribution in [1.82, 2.24) is 25.1 Å². The van der Waals surface area contributed by atoms with E-state index in [-0.39, 0.29) is 12.5 Å². The van der Waals surface area contributed by atoms with Crippen LogP contribution in [0.2, 0.25) is 15.1 Å². The largest absolute Gasteiger partial charge is 0.359 e. The van der Waals surface area contributed by atoms with Gasteiger partial charge in [-0.05, 0) is 49.2 Å². The molecule has 1 aromatic heterocycles. The van der Waals surface area contributed by atoms with Gasteiger partial charge < -0.3 is 15.5 Å². The summed E-state index contributed by atoms with van der Waals surface area (Å²) in [6, 6.07) is 12.4. The molecule has 2 N–H and O–H groups in total. The van der Waals surface area contributed by atoms with Gasteiger partial charge in [-0.1, -0.05) is 34.8 Å². The van der Waals surface area contributed by atoms with Gasteiger partial charge in [0.2, 0.25) is 5.91 Å². The number of aromatic nitrogens is 2. The molecular weight excluding hydrogens is 509 g/mol. The molecule has 0 bridgehead atoms. The summed E-state index contributed by atoms with van der Waals surface area (Å²) >= 11 is 18.8. The van der Waals surface area contributed by atoms with Crippen molar-refractivity contribution in [2.75, 3.05) is 39.8 Å². The standard InChI is InChI=1S/C24H24Cl3N7O/c1-28-22(31-14-20(35)33-11-9-30-10-12-33)21-24(29-2)34(17-6-3-15(25)4-7-17)23(32-21)18-8-5-16(26)13-19(18)27/h3-8,13,30H,2,9-12,14H2,1H3,(H,28,31). The summed E-state index contributed by atoms with van der Waals surface area (Å²) in [5, 5.41) is 7.90. The van der Waals surface area contributed by atoms with Gasteiger partial charge in [-0.2, -0.15) is 0 Å². The lowest BCUT2D eigenvalue weighted by molar-refractivity contribution is -0.130. The van der Waals surface area contributed by atoms with Gasteiger partial charge in [0.15, 0.2) is 17.3 Å². The number of piperazine rings is 1. The molecule has 0 spiro atoms. The van der Waals surface area contributed by atoms with Crippen molar-refractivity contribution in [3.63, 3.8) is 0 Å². The van der Waals surface area contributed by atoms with E-state index in [1.165, 1.54) is 0 Å². The van der Waals surface area contributed by atoms with E-state index in [0.717, 1.165) is 18.8 Å². The van der Waals surface area contributed by atoms with Crippen molar-refractivity contribution in [3.8, 4) is 17.1 Å². The molecule has 1 aliphatic rings. The van der Waals surface area contributed by atoms with Crippen molar-refractivity contribution >= 4 is 59.1 Å². The second-order valence-corrected chi connectivity index (χ2v) is 9.04. The van der Waals surface area contributed by atoms with Crippen molar-refractivity contribution in [2.45, 2.75) is 0 Å². The van der Waals surface area contributed by atoms with Crippen LogP contribution in [0.1, 0.15) is 5.69 Å². The Labute approximate surface area is 218 Å². The third-order valence-corrected chi connectivity index (χ3v) is 6.38. The van der Waals surface area contributed by atoms with Gasteiger partial charge in [-0.15, -0.1) is 0 Å². The first kappa shape index (κ1) is 25.2. The number of benzene rings is 2. The van der Waals surface area contributed by atoms with Gasteiger partial charge in [-0.25, -0.2) is 9.98 Å². The third-order valence-electron chi connectivity index (χ3n) is 5.58. The molecule has 1 aliphatic heterocycles. The first-order chi connectivity index (χ1) is 16.9. The molecule has 0 unspecified atom stereocenters. The Morgan fingerprint density at radius 1 is 1.11 bits per heavy atom. The SMILES string of the molecule is C=Nc1c(/C(=N\C)NCC(=O)N2CCNCC2)nc(-c2ccc(Cl)cc2Cl)n1-c1ccc(Cl)cc1. The molecule has 3 aromatic rings. The topological polar surface area (TPSA) is 86.9 Å². The molecule has 8 nitrogen and oxygen atoms in total. The summed E-state index contributed by atoms with van der Waals surface area (Å²) in [7, 11) is 1.63. The maximum Gasteiger partial charge on any atom is 0.242 e. The Morgan fingerprint density at radius 2 is 1.80 bits per heavy atom. The summed E-state index contributed by atoms with van der Waals surface area (Å²) in [4.78, 5) is 28.0. The molecule has 11 heteroatoms. The monoisotopic (exact) mass is 531 g/mol. The molecule has 182 valence electrons. The molecule has 1 saturated heterocycles. The number of carbonyl (C=O) groups excluding carboxylic acids is 1. The van der Waals surface area contributed by atoms with E-state index in [4.69, 9.17) is 39.8 Å². The Morgan fingerprint density at radius 3 is 2.43 bits per heavy atom. The van der Waals surface area contributed by atoms with Crippen LogP contribution in [0.15, 0.2) is 52.4 Å². The number of amidine groups is 1. The lowest BCUT2D eigenvalue weighted by atomic mass is 10.2. The number of halogens is 3. The Balaban J connectivity index is 1.77. The number of hydrogen-bond donors (Lipinski definition) is 2. The van der Waals surface area contributed by atoms with Crippen molar-refractivity contribution < 1.29 is 4.79 Å². The third kappa shape index (κ3) is 5.51. The first-order valence-corrected chi connectivity index (χ1v) is 12.1. The van der Waals surface area contributed by atoms with E-state index in [0.29, 0.717) is 56.9 Å². The van der Waals surface area contributed by atoms with Crippen LogP contribution in [0.25, 0.3) is 17.1 Å². The fourth-order valence-electron chi connectivity index (χ4n) is 3.86. The number of nitrogens with one attached hydrogen (secondary N) is 2. The van der Waals surface area contributed by atoms with Crippen LogP contribution >= 0.6 is 34.8 Å². The number of aliphatic imine (C=N–C) groups is 2. The van der Waals surface area contributed by atoms with E-state index in [2.05, 4.69) is 27.3 Å². The lowest BCUT2D eigenvalue weighted by Crippen LogP contribution is -2.49. The molecule has 1 amide bonds. The summed E-state index contributed by atoms with van der Waals surface area (Å²) in [5.74, 6) is 1.35. The lowest BCUT2D eigenvalue weighted by Gasteiger charge is -2.27. The second-order valence-electron chi connectivity index (χ2n) is 7.76.